The van der Waals surface area contributed by atoms with Gasteiger partial charge < -0.3 is 15.3 Å². The van der Waals surface area contributed by atoms with Crippen LogP contribution in [0.15, 0.2) is 42.6 Å². The van der Waals surface area contributed by atoms with Crippen LogP contribution in [0.3, 0.4) is 0 Å². The first-order valence-corrected chi connectivity index (χ1v) is 15.7. The average Bonchev–Trinajstić information content (AvgIpc) is 3.36. The van der Waals surface area contributed by atoms with E-state index in [2.05, 4.69) is 10.3 Å². The van der Waals surface area contributed by atoms with Crippen LogP contribution >= 0.6 is 0 Å². The lowest BCUT2D eigenvalue weighted by Crippen LogP contribution is -2.44. The Morgan fingerprint density at radius 2 is 1.91 bits per heavy atom. The van der Waals surface area contributed by atoms with Crippen molar-refractivity contribution in [2.75, 3.05) is 29.5 Å². The number of sulfone groups is 1. The van der Waals surface area contributed by atoms with Crippen molar-refractivity contribution in [1.29, 1.82) is 5.26 Å². The second-order valence-corrected chi connectivity index (χ2v) is 13.3. The molecular weight excluding hydrogens is 585 g/mol. The number of rotatable bonds is 7. The van der Waals surface area contributed by atoms with Gasteiger partial charge in [0.1, 0.15) is 11.9 Å². The van der Waals surface area contributed by atoms with Gasteiger partial charge in [-0.2, -0.15) is 10.4 Å². The van der Waals surface area contributed by atoms with Crippen LogP contribution in [0, 0.1) is 23.1 Å². The normalized spacial score (nSPS) is 22.0. The quantitative estimate of drug-likeness (QED) is 0.412. The van der Waals surface area contributed by atoms with Gasteiger partial charge in [0.2, 0.25) is 11.8 Å². The fourth-order valence-electron chi connectivity index (χ4n) is 5.77. The Morgan fingerprint density at radius 3 is 2.51 bits per heavy atom. The van der Waals surface area contributed by atoms with E-state index in [4.69, 9.17) is 5.10 Å². The highest BCUT2D eigenvalue weighted by molar-refractivity contribution is 7.91. The maximum atomic E-state index is 14.7. The van der Waals surface area contributed by atoms with Gasteiger partial charge in [-0.1, -0.05) is 12.1 Å². The van der Waals surface area contributed by atoms with Crippen molar-refractivity contribution in [3.8, 4) is 23.0 Å². The topological polar surface area (TPSA) is 141 Å². The predicted octanol–water partition coefficient (Wildman–Crippen LogP) is 3.35. The van der Waals surface area contributed by atoms with Crippen LogP contribution in [0.4, 0.5) is 18.9 Å². The average molecular weight is 617 g/mol. The third-order valence-electron chi connectivity index (χ3n) is 8.02. The smallest absolute Gasteiger partial charge is 0.249 e. The molecule has 14 heteroatoms. The number of halogens is 3. The third-order valence-corrected chi connectivity index (χ3v) is 9.63. The van der Waals surface area contributed by atoms with Crippen molar-refractivity contribution in [3.63, 3.8) is 0 Å². The maximum absolute atomic E-state index is 14.7. The first kappa shape index (κ1) is 30.5. The van der Waals surface area contributed by atoms with Gasteiger partial charge >= 0.3 is 0 Å². The molecule has 1 saturated carbocycles. The van der Waals surface area contributed by atoms with E-state index in [0.717, 1.165) is 11.9 Å². The molecule has 3 aromatic rings. The SMILES string of the molecule is C[C@@H](C#N)NC(=O)[C@@H]1CC(F)(F)CC[C@H]1c1nn(-c2ccc(F)cn2)c(CO)c1-c1ccc(N2CCS(=O)(=O)CC2)cc1. The number of pyridine rings is 1. The Bertz CT molecular complexity index is 1620. The number of carbonyl (C=O) groups excluding carboxylic acids is 1. The van der Waals surface area contributed by atoms with Crippen LogP contribution in [-0.4, -0.2) is 70.8 Å². The Morgan fingerprint density at radius 1 is 1.21 bits per heavy atom. The summed E-state index contributed by atoms with van der Waals surface area (Å²) in [5.41, 5.74) is 2.38. The van der Waals surface area contributed by atoms with Crippen LogP contribution in [0.25, 0.3) is 16.9 Å². The number of aliphatic hydroxyl groups is 1. The molecule has 228 valence electrons. The van der Waals surface area contributed by atoms with Crippen LogP contribution in [-0.2, 0) is 21.2 Å². The van der Waals surface area contributed by atoms with Crippen LogP contribution < -0.4 is 10.2 Å². The molecule has 0 radical (unpaired) electrons. The number of nitrogens with zero attached hydrogens (tertiary/aromatic N) is 5. The number of amides is 1. The maximum Gasteiger partial charge on any atom is 0.249 e. The molecule has 3 heterocycles. The molecule has 5 rings (SSSR count). The predicted molar refractivity (Wildman–Crippen MR) is 152 cm³/mol. The van der Waals surface area contributed by atoms with Gasteiger partial charge in [-0.15, -0.1) is 0 Å². The second kappa shape index (κ2) is 12.0. The number of alkyl halides is 2. The fourth-order valence-corrected chi connectivity index (χ4v) is 6.97. The minimum Gasteiger partial charge on any atom is -0.390 e. The molecular formula is C29H31F3N6O4S. The number of hydrogen-bond acceptors (Lipinski definition) is 8. The van der Waals surface area contributed by atoms with Crippen molar-refractivity contribution in [2.24, 2.45) is 5.92 Å². The fraction of sp³-hybridized carbons (Fsp3) is 0.448. The molecule has 0 unspecified atom stereocenters. The number of carbonyl (C=O) groups is 1. The van der Waals surface area contributed by atoms with Gasteiger partial charge in [-0.25, -0.2) is 31.3 Å². The first-order valence-electron chi connectivity index (χ1n) is 13.9. The summed E-state index contributed by atoms with van der Waals surface area (Å²) in [5.74, 6) is -6.11. The summed E-state index contributed by atoms with van der Waals surface area (Å²) in [4.78, 5) is 19.3. The summed E-state index contributed by atoms with van der Waals surface area (Å²) in [7, 11) is -3.07. The largest absolute Gasteiger partial charge is 0.390 e. The van der Waals surface area contributed by atoms with Gasteiger partial charge in [-0.05, 0) is 43.2 Å². The van der Waals surface area contributed by atoms with Gasteiger partial charge in [0.05, 0.1) is 47.7 Å². The van der Waals surface area contributed by atoms with Crippen molar-refractivity contribution in [2.45, 2.75) is 50.7 Å². The summed E-state index contributed by atoms with van der Waals surface area (Å²) >= 11 is 0. The standard InChI is InChI=1S/C29H31F3N6O4S/c1-18(15-33)35-28(40)23-14-29(31,32)9-8-22(23)27-26(24(17-39)38(36-27)25-7-4-20(30)16-34-25)19-2-5-21(6-3-19)37-10-12-43(41,42)13-11-37/h2-7,16,18,22-23,39H,8-14,17H2,1H3,(H,35,40)/t18-,22+,23+/m0/s1. The van der Waals surface area contributed by atoms with E-state index in [0.29, 0.717) is 29.9 Å². The summed E-state index contributed by atoms with van der Waals surface area (Å²) in [6.07, 6.45) is -0.320. The van der Waals surface area contributed by atoms with E-state index in [-0.39, 0.29) is 29.4 Å². The molecule has 1 amide bonds. The zero-order valence-corrected chi connectivity index (χ0v) is 24.2. The van der Waals surface area contributed by atoms with E-state index < -0.39 is 64.8 Å². The van der Waals surface area contributed by atoms with E-state index >= 15 is 0 Å². The summed E-state index contributed by atoms with van der Waals surface area (Å²) in [6.45, 7) is 1.62. The Hall–Kier alpha value is -3.96. The van der Waals surface area contributed by atoms with Gasteiger partial charge in [0.15, 0.2) is 15.7 Å². The number of benzene rings is 1. The van der Waals surface area contributed by atoms with E-state index in [1.165, 1.54) is 23.7 Å². The van der Waals surface area contributed by atoms with Crippen molar-refractivity contribution >= 4 is 21.4 Å². The van der Waals surface area contributed by atoms with Crippen molar-refractivity contribution in [1.82, 2.24) is 20.1 Å². The van der Waals surface area contributed by atoms with Gasteiger partial charge in [-0.3, -0.25) is 4.79 Å². The summed E-state index contributed by atoms with van der Waals surface area (Å²) < 4.78 is 68.1. The lowest BCUT2D eigenvalue weighted by molar-refractivity contribution is -0.134. The number of aromatic nitrogens is 3. The van der Waals surface area contributed by atoms with Crippen LogP contribution in [0.1, 0.15) is 43.5 Å². The highest BCUT2D eigenvalue weighted by atomic mass is 32.2. The lowest BCUT2D eigenvalue weighted by atomic mass is 9.73. The third kappa shape index (κ3) is 6.52. The molecule has 3 atom stereocenters. The molecule has 0 spiro atoms. The van der Waals surface area contributed by atoms with Gasteiger partial charge in [0, 0.05) is 43.1 Å². The Kier molecular flexibility index (Phi) is 8.49. The van der Waals surface area contributed by atoms with E-state index in [1.54, 1.807) is 24.3 Å². The molecule has 1 aliphatic carbocycles. The van der Waals surface area contributed by atoms with Crippen molar-refractivity contribution < 1.29 is 31.5 Å². The zero-order valence-electron chi connectivity index (χ0n) is 23.4. The van der Waals surface area contributed by atoms with Gasteiger partial charge in [0.25, 0.3) is 0 Å². The second-order valence-electron chi connectivity index (χ2n) is 11.0. The number of anilines is 1. The first-order chi connectivity index (χ1) is 20.4. The summed E-state index contributed by atoms with van der Waals surface area (Å²) in [6, 6.07) is 10.7. The highest BCUT2D eigenvalue weighted by Crippen LogP contribution is 2.48. The minimum atomic E-state index is -3.10. The Balaban J connectivity index is 1.61. The molecule has 2 aliphatic rings. The van der Waals surface area contributed by atoms with Crippen LogP contribution in [0.5, 0.6) is 0 Å². The molecule has 2 aromatic heterocycles. The number of hydrogen-bond donors (Lipinski definition) is 2. The molecule has 0 bridgehead atoms. The highest BCUT2D eigenvalue weighted by Gasteiger charge is 2.47. The molecule has 1 saturated heterocycles. The Labute approximate surface area is 247 Å². The monoisotopic (exact) mass is 616 g/mol. The molecule has 1 aliphatic heterocycles. The summed E-state index contributed by atoms with van der Waals surface area (Å²) in [5, 5.41) is 26.9. The molecule has 10 nitrogen and oxygen atoms in total. The van der Waals surface area contributed by atoms with Crippen LogP contribution in [0.2, 0.25) is 0 Å². The van der Waals surface area contributed by atoms with Crippen molar-refractivity contribution in [3.05, 3.63) is 59.8 Å². The number of aliphatic hydroxyl groups excluding tert-OH is 1. The lowest BCUT2D eigenvalue weighted by Gasteiger charge is -2.35. The zero-order chi connectivity index (χ0) is 30.9. The molecule has 1 aromatic carbocycles. The van der Waals surface area contributed by atoms with E-state index in [9.17, 15) is 36.8 Å². The molecule has 43 heavy (non-hydrogen) atoms. The number of nitrogens with one attached hydrogen (secondary N) is 1. The minimum absolute atomic E-state index is 0.0468. The number of nitriles is 1. The molecule has 2 fully saturated rings. The van der Waals surface area contributed by atoms with E-state index in [1.807, 2.05) is 11.0 Å². The molecule has 2 N–H and O–H groups in total.